The number of ether oxygens (including phenoxy) is 1. The summed E-state index contributed by atoms with van der Waals surface area (Å²) in [5, 5.41) is 3.95. The third kappa shape index (κ3) is 6.63. The average Bonchev–Trinajstić information content (AvgIpc) is 3.20. The Kier molecular flexibility index (Phi) is 11.5. The Morgan fingerprint density at radius 1 is 1.19 bits per heavy atom. The van der Waals surface area contributed by atoms with Crippen LogP contribution in [0.3, 0.4) is 0 Å². The second-order valence-corrected chi connectivity index (χ2v) is 11.7. The summed E-state index contributed by atoms with van der Waals surface area (Å²) in [4.78, 5) is 39.1. The third-order valence-corrected chi connectivity index (χ3v) is 8.43. The topological polar surface area (TPSA) is 83.9 Å². The summed E-state index contributed by atoms with van der Waals surface area (Å²) < 4.78 is 8.45. The zero-order valence-corrected chi connectivity index (χ0v) is 27.3. The number of aldehydes is 1. The van der Waals surface area contributed by atoms with Gasteiger partial charge < -0.3 is 29.2 Å². The van der Waals surface area contributed by atoms with E-state index in [2.05, 4.69) is 47.7 Å². The molecular formula is C33H43BrN4O4. The fourth-order valence-corrected chi connectivity index (χ4v) is 6.52. The smallest absolute Gasteiger partial charge is 0.257 e. The Labute approximate surface area is 257 Å². The summed E-state index contributed by atoms with van der Waals surface area (Å²) in [6.45, 7) is 15.3. The average molecular weight is 640 g/mol. The normalized spacial score (nSPS) is 17.6. The summed E-state index contributed by atoms with van der Waals surface area (Å²) in [7, 11) is 3.60. The van der Waals surface area contributed by atoms with E-state index in [1.165, 1.54) is 5.56 Å². The van der Waals surface area contributed by atoms with Crippen molar-refractivity contribution >= 4 is 45.4 Å². The van der Waals surface area contributed by atoms with Crippen molar-refractivity contribution in [1.29, 1.82) is 0 Å². The summed E-state index contributed by atoms with van der Waals surface area (Å²) in [6.07, 6.45) is 4.26. The number of methoxy groups -OCH3 is 1. The highest BCUT2D eigenvalue weighted by molar-refractivity contribution is 9.10. The number of carbonyl (C=O) groups is 3. The number of hydrogen-bond donors (Lipinski definition) is 1. The van der Waals surface area contributed by atoms with Gasteiger partial charge in [0.1, 0.15) is 12.0 Å². The maximum absolute atomic E-state index is 14.0. The van der Waals surface area contributed by atoms with Gasteiger partial charge in [-0.1, -0.05) is 34.1 Å². The van der Waals surface area contributed by atoms with Crippen LogP contribution in [0.25, 0.3) is 10.9 Å². The van der Waals surface area contributed by atoms with E-state index in [1.54, 1.807) is 18.1 Å². The third-order valence-electron chi connectivity index (χ3n) is 7.97. The van der Waals surface area contributed by atoms with Crippen molar-refractivity contribution in [2.45, 2.75) is 65.7 Å². The second kappa shape index (κ2) is 14.6. The molecule has 2 aromatic carbocycles. The van der Waals surface area contributed by atoms with Crippen LogP contribution in [-0.2, 0) is 22.6 Å². The molecule has 1 saturated heterocycles. The van der Waals surface area contributed by atoms with E-state index in [9.17, 15) is 14.4 Å². The predicted molar refractivity (Wildman–Crippen MR) is 172 cm³/mol. The Bertz CT molecular complexity index is 1440. The van der Waals surface area contributed by atoms with Gasteiger partial charge in [-0.05, 0) is 77.4 Å². The van der Waals surface area contributed by atoms with E-state index in [0.29, 0.717) is 11.6 Å². The minimum Gasteiger partial charge on any atom is -0.496 e. The molecule has 2 aliphatic rings. The van der Waals surface area contributed by atoms with Gasteiger partial charge in [-0.25, -0.2) is 0 Å². The highest BCUT2D eigenvalue weighted by Crippen LogP contribution is 2.40. The monoisotopic (exact) mass is 638 g/mol. The SMILES string of the molecule is C=CC.CNC1CN(C=O)C1.COc1cccc2c1C[C@H](C)N(C(=O)c1c(C)n(CC=O)c3c(C)cc(Br)cc13)C2C. The molecule has 8 nitrogen and oxygen atoms in total. The molecule has 3 aromatic rings. The largest absolute Gasteiger partial charge is 0.496 e. The molecule has 2 amide bonds. The number of carbonyl (C=O) groups excluding carboxylic acids is 3. The molecule has 5 rings (SSSR count). The Balaban J connectivity index is 0.000000372. The van der Waals surface area contributed by atoms with Gasteiger partial charge in [0.2, 0.25) is 6.41 Å². The molecule has 2 atom stereocenters. The van der Waals surface area contributed by atoms with Crippen molar-refractivity contribution in [2.75, 3.05) is 27.2 Å². The molecule has 1 aromatic heterocycles. The van der Waals surface area contributed by atoms with Crippen molar-refractivity contribution in [3.8, 4) is 5.75 Å². The standard InChI is InChI=1S/C25H27BrN2O3.C5H10N2O.C3H6/c1-14-11-18(26)13-21-23(17(4)27(9-10-29)24(14)21)25(30)28-15(2)12-20-19(16(28)3)7-6-8-22(20)31-5;1-6-5-2-7(3-5)4-8;1-3-2/h6-8,10-11,13,15-16H,9,12H2,1-5H3;4-6H,2-3H2,1H3;3H,1H2,2H3/t15-,16?;;/m0../s1. The summed E-state index contributed by atoms with van der Waals surface area (Å²) in [5.41, 5.74) is 5.76. The first-order valence-electron chi connectivity index (χ1n) is 14.2. The first-order chi connectivity index (χ1) is 20.1. The number of aryl methyl sites for hydroxylation is 1. The van der Waals surface area contributed by atoms with Crippen LogP contribution in [0.4, 0.5) is 0 Å². The van der Waals surface area contributed by atoms with Gasteiger partial charge in [0, 0.05) is 46.3 Å². The molecule has 3 heterocycles. The van der Waals surface area contributed by atoms with E-state index in [-0.39, 0.29) is 24.5 Å². The van der Waals surface area contributed by atoms with E-state index in [4.69, 9.17) is 4.74 Å². The van der Waals surface area contributed by atoms with Gasteiger partial charge in [0.25, 0.3) is 5.91 Å². The molecule has 1 fully saturated rings. The number of nitrogens with zero attached hydrogens (tertiary/aromatic N) is 3. The molecule has 9 heteroatoms. The summed E-state index contributed by atoms with van der Waals surface area (Å²) in [5.74, 6) is 0.875. The van der Waals surface area contributed by atoms with E-state index in [1.807, 2.05) is 61.6 Å². The lowest BCUT2D eigenvalue weighted by molar-refractivity contribution is -0.122. The first-order valence-corrected chi connectivity index (χ1v) is 15.0. The molecule has 1 unspecified atom stereocenters. The Morgan fingerprint density at radius 2 is 1.86 bits per heavy atom. The van der Waals surface area contributed by atoms with Crippen LogP contribution >= 0.6 is 15.9 Å². The molecule has 0 spiro atoms. The molecule has 0 aliphatic carbocycles. The maximum atomic E-state index is 14.0. The molecule has 42 heavy (non-hydrogen) atoms. The van der Waals surface area contributed by atoms with Gasteiger partial charge in [-0.15, -0.1) is 6.58 Å². The lowest BCUT2D eigenvalue weighted by atomic mass is 9.88. The van der Waals surface area contributed by atoms with Gasteiger partial charge in [-0.2, -0.15) is 0 Å². The van der Waals surface area contributed by atoms with E-state index < -0.39 is 0 Å². The predicted octanol–water partition coefficient (Wildman–Crippen LogP) is 5.61. The van der Waals surface area contributed by atoms with Crippen LogP contribution in [0.5, 0.6) is 5.75 Å². The number of rotatable bonds is 6. The molecule has 226 valence electrons. The fourth-order valence-electron chi connectivity index (χ4n) is 5.95. The van der Waals surface area contributed by atoms with E-state index in [0.717, 1.165) is 70.2 Å². The lowest BCUT2D eigenvalue weighted by Crippen LogP contribution is -2.56. The number of benzene rings is 2. The summed E-state index contributed by atoms with van der Waals surface area (Å²) >= 11 is 3.58. The van der Waals surface area contributed by atoms with Crippen LogP contribution in [0, 0.1) is 13.8 Å². The summed E-state index contributed by atoms with van der Waals surface area (Å²) in [6, 6.07) is 10.5. The van der Waals surface area contributed by atoms with Crippen molar-refractivity contribution in [3.05, 3.63) is 75.4 Å². The van der Waals surface area contributed by atoms with Gasteiger partial charge in [-0.3, -0.25) is 9.59 Å². The Morgan fingerprint density at radius 3 is 2.43 bits per heavy atom. The van der Waals surface area contributed by atoms with Crippen molar-refractivity contribution in [2.24, 2.45) is 0 Å². The minimum atomic E-state index is -0.0847. The van der Waals surface area contributed by atoms with Gasteiger partial charge >= 0.3 is 0 Å². The number of amides is 2. The molecule has 2 aliphatic heterocycles. The first kappa shape index (κ1) is 33.1. The van der Waals surface area contributed by atoms with Crippen molar-refractivity contribution in [3.63, 3.8) is 0 Å². The van der Waals surface area contributed by atoms with Crippen LogP contribution in [0.1, 0.15) is 59.6 Å². The molecule has 0 saturated carbocycles. The number of likely N-dealkylation sites (N-methyl/N-ethyl adjacent to an activating group) is 1. The fraction of sp³-hybridized carbons (Fsp3) is 0.424. The highest BCUT2D eigenvalue weighted by atomic mass is 79.9. The highest BCUT2D eigenvalue weighted by Gasteiger charge is 2.36. The molecule has 1 N–H and O–H groups in total. The minimum absolute atomic E-state index is 0.00174. The van der Waals surface area contributed by atoms with Crippen LogP contribution in [0.15, 0.2) is 47.5 Å². The number of allylic oxidation sites excluding steroid dienone is 1. The number of fused-ring (bicyclic) bond motifs is 2. The number of hydrogen-bond acceptors (Lipinski definition) is 5. The van der Waals surface area contributed by atoms with Crippen molar-refractivity contribution < 1.29 is 19.1 Å². The van der Waals surface area contributed by atoms with Gasteiger partial charge in [0.05, 0.1) is 30.8 Å². The quantitative estimate of drug-likeness (QED) is 0.280. The maximum Gasteiger partial charge on any atom is 0.257 e. The lowest BCUT2D eigenvalue weighted by Gasteiger charge is -2.41. The van der Waals surface area contributed by atoms with Crippen molar-refractivity contribution in [1.82, 2.24) is 19.7 Å². The Hall–Kier alpha value is -3.43. The molecular weight excluding hydrogens is 596 g/mol. The van der Waals surface area contributed by atoms with Crippen LogP contribution < -0.4 is 10.1 Å². The number of likely N-dealkylation sites (tertiary alicyclic amines) is 1. The number of nitrogens with one attached hydrogen (secondary N) is 1. The molecule has 0 radical (unpaired) electrons. The second-order valence-electron chi connectivity index (χ2n) is 10.8. The molecule has 0 bridgehead atoms. The number of aromatic nitrogens is 1. The zero-order valence-electron chi connectivity index (χ0n) is 25.7. The number of halogens is 1. The van der Waals surface area contributed by atoms with Crippen LogP contribution in [0.2, 0.25) is 0 Å². The van der Waals surface area contributed by atoms with E-state index >= 15 is 0 Å². The van der Waals surface area contributed by atoms with Gasteiger partial charge in [0.15, 0.2) is 0 Å². The van der Waals surface area contributed by atoms with Crippen LogP contribution in [-0.4, -0.2) is 72.3 Å². The zero-order chi connectivity index (χ0) is 31.1.